The number of likely N-dealkylation sites (N-methyl/N-ethyl adjacent to an activating group) is 1. The number of nitrogens with zero attached hydrogens (tertiary/aromatic N) is 2. The molecular formula is C16H20N2O3S. The number of hydrogen-bond donors (Lipinski definition) is 0. The van der Waals surface area contributed by atoms with Gasteiger partial charge in [-0.15, -0.1) is 11.8 Å². The van der Waals surface area contributed by atoms with Crippen molar-refractivity contribution in [1.82, 2.24) is 9.80 Å². The minimum absolute atomic E-state index is 0.00419. The number of hydrogen-bond acceptors (Lipinski definition) is 4. The fraction of sp³-hybridized carbons (Fsp3) is 0.500. The van der Waals surface area contributed by atoms with Crippen LogP contribution in [0.4, 0.5) is 0 Å². The Morgan fingerprint density at radius 2 is 2.09 bits per heavy atom. The monoisotopic (exact) mass is 320 g/mol. The van der Waals surface area contributed by atoms with Gasteiger partial charge in [-0.2, -0.15) is 0 Å². The van der Waals surface area contributed by atoms with Gasteiger partial charge in [0, 0.05) is 19.8 Å². The molecule has 5 nitrogen and oxygen atoms in total. The summed E-state index contributed by atoms with van der Waals surface area (Å²) in [6, 6.07) is 7.48. The quantitative estimate of drug-likeness (QED) is 0.822. The fourth-order valence-electron chi connectivity index (χ4n) is 2.88. The van der Waals surface area contributed by atoms with E-state index in [2.05, 4.69) is 0 Å². The predicted octanol–water partition coefficient (Wildman–Crippen LogP) is 1.23. The van der Waals surface area contributed by atoms with Crippen LogP contribution in [0.3, 0.4) is 0 Å². The minimum Gasteiger partial charge on any atom is -0.492 e. The first-order chi connectivity index (χ1) is 10.6. The average Bonchev–Trinajstić information content (AvgIpc) is 3.02. The van der Waals surface area contributed by atoms with E-state index in [1.54, 1.807) is 35.7 Å². The van der Waals surface area contributed by atoms with E-state index in [4.69, 9.17) is 4.74 Å². The molecule has 1 aromatic rings. The SMILES string of the molecule is CN(C)C(=O)[C@@H]1CSCN1C(=O)[C@H]1COc2ccccc2C1. The molecule has 0 N–H and O–H groups in total. The predicted molar refractivity (Wildman–Crippen MR) is 85.8 cm³/mol. The first-order valence-corrected chi connectivity index (χ1v) is 8.53. The van der Waals surface area contributed by atoms with E-state index in [9.17, 15) is 9.59 Å². The van der Waals surface area contributed by atoms with Gasteiger partial charge in [-0.1, -0.05) is 18.2 Å². The molecule has 0 saturated carbocycles. The molecule has 0 aromatic heterocycles. The lowest BCUT2D eigenvalue weighted by molar-refractivity contribution is -0.145. The highest BCUT2D eigenvalue weighted by Gasteiger charge is 2.39. The van der Waals surface area contributed by atoms with E-state index in [1.807, 2.05) is 24.3 Å². The molecule has 22 heavy (non-hydrogen) atoms. The van der Waals surface area contributed by atoms with Crippen molar-refractivity contribution in [1.29, 1.82) is 0 Å². The van der Waals surface area contributed by atoms with E-state index >= 15 is 0 Å². The highest BCUT2D eigenvalue weighted by Crippen LogP contribution is 2.30. The second kappa shape index (κ2) is 6.20. The Labute approximate surface area is 134 Å². The van der Waals surface area contributed by atoms with Crippen molar-refractivity contribution in [3.63, 3.8) is 0 Å². The number of ether oxygens (including phenoxy) is 1. The molecule has 0 spiro atoms. The summed E-state index contributed by atoms with van der Waals surface area (Å²) >= 11 is 1.63. The summed E-state index contributed by atoms with van der Waals surface area (Å²) in [4.78, 5) is 28.3. The maximum absolute atomic E-state index is 12.8. The lowest BCUT2D eigenvalue weighted by Crippen LogP contribution is -2.50. The second-order valence-corrected chi connectivity index (χ2v) is 6.88. The van der Waals surface area contributed by atoms with Crippen molar-refractivity contribution in [2.75, 3.05) is 32.3 Å². The smallest absolute Gasteiger partial charge is 0.245 e. The van der Waals surface area contributed by atoms with Crippen LogP contribution in [0.25, 0.3) is 0 Å². The van der Waals surface area contributed by atoms with Crippen LogP contribution >= 0.6 is 11.8 Å². The van der Waals surface area contributed by atoms with Crippen molar-refractivity contribution in [3.05, 3.63) is 29.8 Å². The first kappa shape index (κ1) is 15.2. The normalized spacial score (nSPS) is 23.6. The second-order valence-electron chi connectivity index (χ2n) is 5.88. The van der Waals surface area contributed by atoms with Crippen LogP contribution in [0, 0.1) is 5.92 Å². The van der Waals surface area contributed by atoms with Gasteiger partial charge in [-0.05, 0) is 18.1 Å². The molecular weight excluding hydrogens is 300 g/mol. The van der Waals surface area contributed by atoms with Gasteiger partial charge in [0.15, 0.2) is 0 Å². The molecule has 1 fully saturated rings. The number of rotatable bonds is 2. The van der Waals surface area contributed by atoms with Crippen LogP contribution in [0.5, 0.6) is 5.75 Å². The third-order valence-corrected chi connectivity index (χ3v) is 5.13. The highest BCUT2D eigenvalue weighted by atomic mass is 32.2. The number of thioether (sulfide) groups is 1. The first-order valence-electron chi connectivity index (χ1n) is 7.38. The van der Waals surface area contributed by atoms with Crippen LogP contribution in [-0.2, 0) is 16.0 Å². The lowest BCUT2D eigenvalue weighted by Gasteiger charge is -2.31. The van der Waals surface area contributed by atoms with E-state index in [1.165, 1.54) is 0 Å². The molecule has 2 amide bonds. The maximum Gasteiger partial charge on any atom is 0.245 e. The fourth-order valence-corrected chi connectivity index (χ4v) is 4.04. The lowest BCUT2D eigenvalue weighted by atomic mass is 9.95. The van der Waals surface area contributed by atoms with Crippen LogP contribution in [0.15, 0.2) is 24.3 Å². The van der Waals surface area contributed by atoms with Crippen molar-refractivity contribution < 1.29 is 14.3 Å². The number of para-hydroxylation sites is 1. The molecule has 2 aliphatic heterocycles. The summed E-state index contributed by atoms with van der Waals surface area (Å²) < 4.78 is 5.71. The van der Waals surface area contributed by atoms with Crippen molar-refractivity contribution >= 4 is 23.6 Å². The maximum atomic E-state index is 12.8. The van der Waals surface area contributed by atoms with Crippen molar-refractivity contribution in [2.24, 2.45) is 5.92 Å². The molecule has 2 atom stereocenters. The highest BCUT2D eigenvalue weighted by molar-refractivity contribution is 7.99. The molecule has 2 heterocycles. The van der Waals surface area contributed by atoms with E-state index in [-0.39, 0.29) is 23.8 Å². The molecule has 0 radical (unpaired) electrons. The summed E-state index contributed by atoms with van der Waals surface area (Å²) in [5, 5.41) is 0. The number of benzene rings is 1. The Morgan fingerprint density at radius 1 is 1.32 bits per heavy atom. The standard InChI is InChI=1S/C16H20N2O3S/c1-17(2)16(20)13-9-22-10-18(13)15(19)12-7-11-5-3-4-6-14(11)21-8-12/h3-6,12-13H,7-10H2,1-2H3/t12-,13+/m1/s1. The molecule has 0 bridgehead atoms. The van der Waals surface area contributed by atoms with Gasteiger partial charge < -0.3 is 14.5 Å². The summed E-state index contributed by atoms with van der Waals surface area (Å²) in [5.74, 6) is 1.94. The van der Waals surface area contributed by atoms with Crippen molar-refractivity contribution in [2.45, 2.75) is 12.5 Å². The number of carbonyl (C=O) groups excluding carboxylic acids is 2. The molecule has 1 saturated heterocycles. The van der Waals surface area contributed by atoms with Crippen LogP contribution in [0.2, 0.25) is 0 Å². The summed E-state index contributed by atoms with van der Waals surface area (Å²) in [7, 11) is 3.46. The minimum atomic E-state index is -0.343. The molecule has 1 aromatic carbocycles. The molecule has 2 aliphatic rings. The Kier molecular flexibility index (Phi) is 4.29. The Bertz CT molecular complexity index is 591. The van der Waals surface area contributed by atoms with Crippen molar-refractivity contribution in [3.8, 4) is 5.75 Å². The largest absolute Gasteiger partial charge is 0.492 e. The van der Waals surface area contributed by atoms with Crippen LogP contribution in [0.1, 0.15) is 5.56 Å². The van der Waals surface area contributed by atoms with Gasteiger partial charge >= 0.3 is 0 Å². The molecule has 118 valence electrons. The summed E-state index contributed by atoms with van der Waals surface area (Å²) in [6.45, 7) is 0.389. The zero-order valence-corrected chi connectivity index (χ0v) is 13.6. The zero-order valence-electron chi connectivity index (χ0n) is 12.8. The number of carbonyl (C=O) groups is 2. The van der Waals surface area contributed by atoms with E-state index in [0.717, 1.165) is 11.3 Å². The van der Waals surface area contributed by atoms with Gasteiger partial charge in [-0.3, -0.25) is 9.59 Å². The van der Waals surface area contributed by atoms with Gasteiger partial charge in [0.25, 0.3) is 0 Å². The average molecular weight is 320 g/mol. The summed E-state index contributed by atoms with van der Waals surface area (Å²) in [6.07, 6.45) is 0.680. The van der Waals surface area contributed by atoms with E-state index < -0.39 is 0 Å². The van der Waals surface area contributed by atoms with Crippen LogP contribution < -0.4 is 4.74 Å². The van der Waals surface area contributed by atoms with E-state index in [0.29, 0.717) is 24.7 Å². The molecule has 3 rings (SSSR count). The van der Waals surface area contributed by atoms with Gasteiger partial charge in [0.05, 0.1) is 11.8 Å². The Hall–Kier alpha value is -1.69. The molecule has 0 unspecified atom stereocenters. The topological polar surface area (TPSA) is 49.9 Å². The van der Waals surface area contributed by atoms with Gasteiger partial charge in [0.1, 0.15) is 18.4 Å². The number of amides is 2. The Balaban J connectivity index is 1.73. The van der Waals surface area contributed by atoms with Gasteiger partial charge in [-0.25, -0.2) is 0 Å². The number of fused-ring (bicyclic) bond motifs is 1. The summed E-state index contributed by atoms with van der Waals surface area (Å²) in [5.41, 5.74) is 1.06. The zero-order chi connectivity index (χ0) is 15.7. The van der Waals surface area contributed by atoms with Crippen LogP contribution in [-0.4, -0.2) is 60.0 Å². The Morgan fingerprint density at radius 3 is 2.86 bits per heavy atom. The molecule has 0 aliphatic carbocycles. The third-order valence-electron chi connectivity index (χ3n) is 4.12. The third kappa shape index (κ3) is 2.79. The van der Waals surface area contributed by atoms with Gasteiger partial charge in [0.2, 0.25) is 11.8 Å². The molecule has 6 heteroatoms.